The zero-order chi connectivity index (χ0) is 13.8. The topological polar surface area (TPSA) is 39.2 Å². The summed E-state index contributed by atoms with van der Waals surface area (Å²) in [4.78, 5) is 16.9. The first-order valence-corrected chi connectivity index (χ1v) is 7.22. The number of carbonyl (C=O) groups is 1. The van der Waals surface area contributed by atoms with E-state index in [-0.39, 0.29) is 5.97 Å². The first-order valence-electron chi connectivity index (χ1n) is 6.24. The molecule has 0 aliphatic heterocycles. The molecular weight excluding hydrogens is 258 g/mol. The maximum atomic E-state index is 11.3. The lowest BCUT2D eigenvalue weighted by Gasteiger charge is -2.08. The number of ether oxygens (including phenoxy) is 1. The minimum absolute atomic E-state index is 0.209. The molecule has 100 valence electrons. The van der Waals surface area contributed by atoms with Crippen molar-refractivity contribution in [2.45, 2.75) is 25.2 Å². The van der Waals surface area contributed by atoms with E-state index in [0.717, 1.165) is 27.9 Å². The van der Waals surface area contributed by atoms with Crippen LogP contribution in [0.25, 0.3) is 10.9 Å². The van der Waals surface area contributed by atoms with Gasteiger partial charge in [-0.3, -0.25) is 9.78 Å². The molecule has 0 N–H and O–H groups in total. The van der Waals surface area contributed by atoms with Gasteiger partial charge in [0.15, 0.2) is 0 Å². The number of benzene rings is 1. The van der Waals surface area contributed by atoms with Gasteiger partial charge in [-0.1, -0.05) is 13.0 Å². The Bertz CT molecular complexity index is 610. The van der Waals surface area contributed by atoms with E-state index >= 15 is 0 Å². The Morgan fingerprint density at radius 1 is 1.37 bits per heavy atom. The highest BCUT2D eigenvalue weighted by Crippen LogP contribution is 2.28. The average molecular weight is 275 g/mol. The van der Waals surface area contributed by atoms with Crippen molar-refractivity contribution in [1.29, 1.82) is 0 Å². The summed E-state index contributed by atoms with van der Waals surface area (Å²) >= 11 is 1.50. The molecule has 0 saturated heterocycles. The SMILES string of the molecule is CCc1ccc2nc(C)cc(SCC(=O)OC)c2c1. The van der Waals surface area contributed by atoms with Crippen LogP contribution in [0.2, 0.25) is 0 Å². The maximum absolute atomic E-state index is 11.3. The van der Waals surface area contributed by atoms with E-state index in [4.69, 9.17) is 0 Å². The monoisotopic (exact) mass is 275 g/mol. The largest absolute Gasteiger partial charge is 0.468 e. The molecule has 0 spiro atoms. The van der Waals surface area contributed by atoms with Crippen molar-refractivity contribution in [1.82, 2.24) is 4.98 Å². The number of hydrogen-bond acceptors (Lipinski definition) is 4. The number of methoxy groups -OCH3 is 1. The molecule has 0 radical (unpaired) electrons. The van der Waals surface area contributed by atoms with Crippen molar-refractivity contribution in [3.63, 3.8) is 0 Å². The molecule has 0 amide bonds. The van der Waals surface area contributed by atoms with E-state index in [1.165, 1.54) is 24.4 Å². The first-order chi connectivity index (χ1) is 9.13. The van der Waals surface area contributed by atoms with Crippen LogP contribution in [-0.2, 0) is 16.0 Å². The predicted molar refractivity (Wildman–Crippen MR) is 78.6 cm³/mol. The van der Waals surface area contributed by atoms with Gasteiger partial charge >= 0.3 is 5.97 Å². The van der Waals surface area contributed by atoms with Gasteiger partial charge in [0, 0.05) is 16.0 Å². The van der Waals surface area contributed by atoms with Gasteiger partial charge in [0.05, 0.1) is 18.4 Å². The van der Waals surface area contributed by atoms with Crippen LogP contribution in [0.4, 0.5) is 0 Å². The van der Waals surface area contributed by atoms with Crippen LogP contribution in [0.1, 0.15) is 18.2 Å². The zero-order valence-electron chi connectivity index (χ0n) is 11.4. The third-order valence-electron chi connectivity index (χ3n) is 2.94. The minimum Gasteiger partial charge on any atom is -0.468 e. The fourth-order valence-electron chi connectivity index (χ4n) is 1.90. The Morgan fingerprint density at radius 2 is 2.16 bits per heavy atom. The van der Waals surface area contributed by atoms with Gasteiger partial charge < -0.3 is 4.74 Å². The number of aryl methyl sites for hydroxylation is 2. The fraction of sp³-hybridized carbons (Fsp3) is 0.333. The van der Waals surface area contributed by atoms with Crippen molar-refractivity contribution in [2.75, 3.05) is 12.9 Å². The third-order valence-corrected chi connectivity index (χ3v) is 3.97. The first kappa shape index (κ1) is 13.9. The molecule has 0 fully saturated rings. The summed E-state index contributed by atoms with van der Waals surface area (Å²) < 4.78 is 4.68. The number of pyridine rings is 1. The molecule has 2 rings (SSSR count). The highest BCUT2D eigenvalue weighted by atomic mass is 32.2. The number of rotatable bonds is 4. The van der Waals surface area contributed by atoms with Gasteiger partial charge in [0.25, 0.3) is 0 Å². The second kappa shape index (κ2) is 6.06. The van der Waals surface area contributed by atoms with Gasteiger partial charge in [-0.15, -0.1) is 11.8 Å². The van der Waals surface area contributed by atoms with Crippen LogP contribution in [0.15, 0.2) is 29.2 Å². The summed E-state index contributed by atoms with van der Waals surface area (Å²) in [5.41, 5.74) is 3.21. The van der Waals surface area contributed by atoms with Gasteiger partial charge in [0.1, 0.15) is 0 Å². The summed E-state index contributed by atoms with van der Waals surface area (Å²) in [6.07, 6.45) is 0.991. The Morgan fingerprint density at radius 3 is 2.84 bits per heavy atom. The molecular formula is C15H17NO2S. The summed E-state index contributed by atoms with van der Waals surface area (Å²) in [6.45, 7) is 4.10. The van der Waals surface area contributed by atoms with Crippen molar-refractivity contribution in [3.05, 3.63) is 35.5 Å². The molecule has 0 aliphatic rings. The van der Waals surface area contributed by atoms with E-state index in [1.807, 2.05) is 19.1 Å². The number of aromatic nitrogens is 1. The van der Waals surface area contributed by atoms with E-state index in [2.05, 4.69) is 28.8 Å². The summed E-state index contributed by atoms with van der Waals surface area (Å²) in [6, 6.07) is 8.32. The fourth-order valence-corrected chi connectivity index (χ4v) is 2.87. The molecule has 1 aromatic heterocycles. The van der Waals surface area contributed by atoms with Crippen LogP contribution in [0.5, 0.6) is 0 Å². The van der Waals surface area contributed by atoms with Crippen molar-refractivity contribution in [2.24, 2.45) is 0 Å². The predicted octanol–water partition coefficient (Wildman–Crippen LogP) is 3.37. The molecule has 1 aromatic carbocycles. The third kappa shape index (κ3) is 3.26. The quantitative estimate of drug-likeness (QED) is 0.633. The summed E-state index contributed by atoms with van der Waals surface area (Å²) in [7, 11) is 1.41. The molecule has 0 saturated carbocycles. The summed E-state index contributed by atoms with van der Waals surface area (Å²) in [5.74, 6) is 0.116. The maximum Gasteiger partial charge on any atom is 0.315 e. The highest BCUT2D eigenvalue weighted by Gasteiger charge is 2.08. The van der Waals surface area contributed by atoms with Gasteiger partial charge in [-0.2, -0.15) is 0 Å². The zero-order valence-corrected chi connectivity index (χ0v) is 12.2. The number of carbonyl (C=O) groups excluding carboxylic acids is 1. The molecule has 19 heavy (non-hydrogen) atoms. The Balaban J connectivity index is 2.42. The summed E-state index contributed by atoms with van der Waals surface area (Å²) in [5, 5.41) is 1.11. The van der Waals surface area contributed by atoms with Crippen LogP contribution in [0.3, 0.4) is 0 Å². The molecule has 4 heteroatoms. The Labute approximate surface area is 117 Å². The molecule has 0 unspecified atom stereocenters. The van der Waals surface area contributed by atoms with E-state index in [9.17, 15) is 4.79 Å². The average Bonchev–Trinajstić information content (AvgIpc) is 2.43. The molecule has 0 aliphatic carbocycles. The molecule has 0 atom stereocenters. The second-order valence-electron chi connectivity index (χ2n) is 4.33. The molecule has 2 aromatic rings. The highest BCUT2D eigenvalue weighted by molar-refractivity contribution is 8.00. The van der Waals surface area contributed by atoms with Crippen molar-refractivity contribution in [3.8, 4) is 0 Å². The number of fused-ring (bicyclic) bond motifs is 1. The normalized spacial score (nSPS) is 10.7. The Hall–Kier alpha value is -1.55. The second-order valence-corrected chi connectivity index (χ2v) is 5.35. The van der Waals surface area contributed by atoms with Crippen LogP contribution in [-0.4, -0.2) is 23.8 Å². The Kier molecular flexibility index (Phi) is 4.43. The lowest BCUT2D eigenvalue weighted by Crippen LogP contribution is -2.03. The lowest BCUT2D eigenvalue weighted by atomic mass is 10.1. The minimum atomic E-state index is -0.209. The van der Waals surface area contributed by atoms with Crippen LogP contribution >= 0.6 is 11.8 Å². The van der Waals surface area contributed by atoms with Gasteiger partial charge in [0.2, 0.25) is 0 Å². The van der Waals surface area contributed by atoms with Crippen LogP contribution < -0.4 is 0 Å². The number of thioether (sulfide) groups is 1. The number of esters is 1. The number of nitrogens with zero attached hydrogens (tertiary/aromatic N) is 1. The molecule has 0 bridgehead atoms. The van der Waals surface area contributed by atoms with Crippen molar-refractivity contribution < 1.29 is 9.53 Å². The van der Waals surface area contributed by atoms with E-state index < -0.39 is 0 Å². The molecule has 3 nitrogen and oxygen atoms in total. The standard InChI is InChI=1S/C15H17NO2S/c1-4-11-5-6-13-12(8-11)14(7-10(2)16-13)19-9-15(17)18-3/h5-8H,4,9H2,1-3H3. The van der Waals surface area contributed by atoms with Crippen molar-refractivity contribution >= 4 is 28.6 Å². The van der Waals surface area contributed by atoms with Gasteiger partial charge in [-0.05, 0) is 37.1 Å². The molecule has 1 heterocycles. The van der Waals surface area contributed by atoms with E-state index in [1.54, 1.807) is 0 Å². The van der Waals surface area contributed by atoms with Crippen LogP contribution in [0, 0.1) is 6.92 Å². The lowest BCUT2D eigenvalue weighted by molar-refractivity contribution is -0.137. The smallest absolute Gasteiger partial charge is 0.315 e. The van der Waals surface area contributed by atoms with E-state index in [0.29, 0.717) is 5.75 Å². The van der Waals surface area contributed by atoms with Gasteiger partial charge in [-0.25, -0.2) is 0 Å². The number of hydrogen-bond donors (Lipinski definition) is 0.